The quantitative estimate of drug-likeness (QED) is 0.615. The molecule has 7 heteroatoms. The van der Waals surface area contributed by atoms with Crippen LogP contribution in [0.25, 0.3) is 0 Å². The first-order valence-electron chi connectivity index (χ1n) is 5.22. The van der Waals surface area contributed by atoms with Crippen molar-refractivity contribution in [2.45, 2.75) is 25.8 Å². The highest BCUT2D eigenvalue weighted by molar-refractivity contribution is 5.88. The molecule has 3 amide bonds. The molecule has 0 aromatic carbocycles. The number of nitrogens with one attached hydrogen (secondary N) is 2. The maximum Gasteiger partial charge on any atom is 0.329 e. The summed E-state index contributed by atoms with van der Waals surface area (Å²) in [5.74, 6) is -1.39. The largest absolute Gasteiger partial charge is 0.480 e. The van der Waals surface area contributed by atoms with Crippen LogP contribution in [-0.4, -0.2) is 54.1 Å². The number of nitrogens with zero attached hydrogens (tertiary/aromatic N) is 1. The summed E-state index contributed by atoms with van der Waals surface area (Å²) in [5.41, 5.74) is -1.33. The van der Waals surface area contributed by atoms with Crippen molar-refractivity contribution in [3.63, 3.8) is 0 Å². The molecule has 0 radical (unpaired) electrons. The summed E-state index contributed by atoms with van der Waals surface area (Å²) in [7, 11) is 3.13. The van der Waals surface area contributed by atoms with Gasteiger partial charge in [0.05, 0.1) is 6.54 Å². The van der Waals surface area contributed by atoms with Crippen LogP contribution in [0, 0.1) is 0 Å². The van der Waals surface area contributed by atoms with E-state index in [-0.39, 0.29) is 18.9 Å². The number of carbonyl (C=O) groups is 3. The van der Waals surface area contributed by atoms with E-state index in [4.69, 9.17) is 5.11 Å². The third kappa shape index (κ3) is 4.71. The minimum Gasteiger partial charge on any atom is -0.480 e. The van der Waals surface area contributed by atoms with Gasteiger partial charge in [-0.2, -0.15) is 0 Å². The number of amides is 3. The van der Waals surface area contributed by atoms with Crippen molar-refractivity contribution >= 4 is 17.9 Å². The van der Waals surface area contributed by atoms with Gasteiger partial charge in [-0.25, -0.2) is 9.59 Å². The Morgan fingerprint density at radius 1 is 1.29 bits per heavy atom. The highest BCUT2D eigenvalue weighted by Gasteiger charge is 2.32. The number of aliphatic carboxylic acids is 1. The van der Waals surface area contributed by atoms with E-state index in [1.54, 1.807) is 21.0 Å². The minimum absolute atomic E-state index is 0.168. The molecule has 0 saturated carbocycles. The second-order valence-electron chi connectivity index (χ2n) is 4.09. The molecule has 3 N–H and O–H groups in total. The van der Waals surface area contributed by atoms with Gasteiger partial charge in [-0.15, -0.1) is 0 Å². The number of hydrogen-bond acceptors (Lipinski definition) is 3. The highest BCUT2D eigenvalue weighted by atomic mass is 16.4. The Bertz CT molecular complexity index is 317. The molecule has 0 fully saturated rings. The molecule has 0 saturated heterocycles. The van der Waals surface area contributed by atoms with Crippen LogP contribution in [0.3, 0.4) is 0 Å². The molecule has 0 aromatic rings. The molecule has 1 atom stereocenters. The van der Waals surface area contributed by atoms with Gasteiger partial charge in [-0.3, -0.25) is 4.79 Å². The summed E-state index contributed by atoms with van der Waals surface area (Å²) in [6.45, 7) is 2.89. The van der Waals surface area contributed by atoms with Crippen LogP contribution in [0.1, 0.15) is 20.3 Å². The van der Waals surface area contributed by atoms with Crippen LogP contribution in [0.4, 0.5) is 4.79 Å². The number of likely N-dealkylation sites (N-methyl/N-ethyl adjacent to an activating group) is 1. The van der Waals surface area contributed by atoms with Gasteiger partial charge < -0.3 is 20.6 Å². The summed E-state index contributed by atoms with van der Waals surface area (Å²) >= 11 is 0. The van der Waals surface area contributed by atoms with E-state index in [0.717, 1.165) is 0 Å². The van der Waals surface area contributed by atoms with Crippen molar-refractivity contribution in [1.82, 2.24) is 15.5 Å². The third-order valence-electron chi connectivity index (χ3n) is 2.47. The van der Waals surface area contributed by atoms with Gasteiger partial charge in [-0.05, 0) is 13.3 Å². The monoisotopic (exact) mass is 245 g/mol. The Kier molecular flexibility index (Phi) is 5.43. The predicted molar refractivity (Wildman–Crippen MR) is 61.6 cm³/mol. The van der Waals surface area contributed by atoms with Crippen LogP contribution in [-0.2, 0) is 9.59 Å². The number of rotatable bonds is 5. The predicted octanol–water partition coefficient (Wildman–Crippen LogP) is -0.373. The Morgan fingerprint density at radius 2 is 1.82 bits per heavy atom. The molecule has 0 rings (SSSR count). The average Bonchev–Trinajstić information content (AvgIpc) is 2.25. The summed E-state index contributed by atoms with van der Waals surface area (Å²) in [6.07, 6.45) is 0.247. The molecular formula is C10H19N3O4. The van der Waals surface area contributed by atoms with E-state index < -0.39 is 17.5 Å². The number of hydrogen-bond donors (Lipinski definition) is 3. The van der Waals surface area contributed by atoms with Crippen LogP contribution in [0.5, 0.6) is 0 Å². The van der Waals surface area contributed by atoms with Crippen molar-refractivity contribution in [1.29, 1.82) is 0 Å². The lowest BCUT2D eigenvalue weighted by Gasteiger charge is -2.24. The fourth-order valence-electron chi connectivity index (χ4n) is 0.902. The second-order valence-corrected chi connectivity index (χ2v) is 4.09. The molecular weight excluding hydrogens is 226 g/mol. The molecule has 0 heterocycles. The third-order valence-corrected chi connectivity index (χ3v) is 2.47. The summed E-state index contributed by atoms with van der Waals surface area (Å²) in [6, 6.07) is -0.674. The molecule has 0 bridgehead atoms. The zero-order valence-corrected chi connectivity index (χ0v) is 10.5. The van der Waals surface area contributed by atoms with E-state index in [1.807, 2.05) is 0 Å². The van der Waals surface area contributed by atoms with Crippen molar-refractivity contribution in [2.75, 3.05) is 20.6 Å². The molecule has 98 valence electrons. The molecule has 1 unspecified atom stereocenters. The Hall–Kier alpha value is -1.79. The van der Waals surface area contributed by atoms with E-state index in [0.29, 0.717) is 0 Å². The van der Waals surface area contributed by atoms with Crippen molar-refractivity contribution in [3.8, 4) is 0 Å². The number of carbonyl (C=O) groups excluding carboxylic acids is 2. The van der Waals surface area contributed by atoms with Gasteiger partial charge in [0.2, 0.25) is 5.91 Å². The zero-order chi connectivity index (χ0) is 13.6. The molecule has 0 aromatic heterocycles. The maximum absolute atomic E-state index is 11.4. The minimum atomic E-state index is -1.33. The van der Waals surface area contributed by atoms with Crippen molar-refractivity contribution in [2.24, 2.45) is 0 Å². The smallest absolute Gasteiger partial charge is 0.329 e. The van der Waals surface area contributed by atoms with E-state index in [1.165, 1.54) is 11.8 Å². The Balaban J connectivity index is 4.27. The zero-order valence-electron chi connectivity index (χ0n) is 10.5. The first-order chi connectivity index (χ1) is 7.73. The van der Waals surface area contributed by atoms with Crippen LogP contribution in [0.2, 0.25) is 0 Å². The topological polar surface area (TPSA) is 98.7 Å². The van der Waals surface area contributed by atoms with Gasteiger partial charge in [-0.1, -0.05) is 6.92 Å². The van der Waals surface area contributed by atoms with Crippen molar-refractivity contribution < 1.29 is 19.5 Å². The van der Waals surface area contributed by atoms with Crippen LogP contribution < -0.4 is 10.6 Å². The van der Waals surface area contributed by atoms with Crippen LogP contribution in [0.15, 0.2) is 0 Å². The van der Waals surface area contributed by atoms with Gasteiger partial charge in [0, 0.05) is 14.1 Å². The summed E-state index contributed by atoms with van der Waals surface area (Å²) < 4.78 is 0. The SMILES string of the molecule is CCC(C)(NC(=O)NCC(=O)N(C)C)C(=O)O. The fraction of sp³-hybridized carbons (Fsp3) is 0.700. The highest BCUT2D eigenvalue weighted by Crippen LogP contribution is 2.08. The number of carboxylic acids is 1. The molecule has 17 heavy (non-hydrogen) atoms. The lowest BCUT2D eigenvalue weighted by molar-refractivity contribution is -0.143. The van der Waals surface area contributed by atoms with E-state index in [9.17, 15) is 14.4 Å². The maximum atomic E-state index is 11.4. The van der Waals surface area contributed by atoms with Crippen LogP contribution >= 0.6 is 0 Å². The summed E-state index contributed by atoms with van der Waals surface area (Å²) in [5, 5.41) is 13.5. The Morgan fingerprint density at radius 3 is 2.18 bits per heavy atom. The van der Waals surface area contributed by atoms with Gasteiger partial charge in [0.25, 0.3) is 0 Å². The van der Waals surface area contributed by atoms with Crippen molar-refractivity contribution in [3.05, 3.63) is 0 Å². The Labute approximate surface area is 100 Å². The number of urea groups is 1. The fourth-order valence-corrected chi connectivity index (χ4v) is 0.902. The first kappa shape index (κ1) is 15.2. The average molecular weight is 245 g/mol. The van der Waals surface area contributed by atoms with E-state index in [2.05, 4.69) is 10.6 Å². The first-order valence-corrected chi connectivity index (χ1v) is 5.22. The molecule has 0 aliphatic heterocycles. The van der Waals surface area contributed by atoms with Gasteiger partial charge >= 0.3 is 12.0 Å². The standard InChI is InChI=1S/C10H19N3O4/c1-5-10(2,8(15)16)12-9(17)11-6-7(14)13(3)4/h5-6H2,1-4H3,(H,15,16)(H2,11,12,17). The second kappa shape index (κ2) is 6.07. The molecule has 7 nitrogen and oxygen atoms in total. The van der Waals surface area contributed by atoms with E-state index >= 15 is 0 Å². The molecule has 0 aliphatic carbocycles. The lowest BCUT2D eigenvalue weighted by atomic mass is 10.00. The normalized spacial score (nSPS) is 13.4. The molecule has 0 spiro atoms. The van der Waals surface area contributed by atoms with Gasteiger partial charge in [0.15, 0.2) is 0 Å². The van der Waals surface area contributed by atoms with Gasteiger partial charge in [0.1, 0.15) is 5.54 Å². The molecule has 0 aliphatic rings. The lowest BCUT2D eigenvalue weighted by Crippen LogP contribution is -2.55. The number of carboxylic acid groups (broad SMARTS) is 1. The summed E-state index contributed by atoms with van der Waals surface area (Å²) in [4.78, 5) is 34.8.